The van der Waals surface area contributed by atoms with E-state index < -0.39 is 0 Å². The van der Waals surface area contributed by atoms with E-state index in [1.54, 1.807) is 22.9 Å². The average Bonchev–Trinajstić information content (AvgIpc) is 2.78. The van der Waals surface area contributed by atoms with Gasteiger partial charge in [0.15, 0.2) is 5.78 Å². The lowest BCUT2D eigenvalue weighted by molar-refractivity contribution is -0.133. The van der Waals surface area contributed by atoms with Crippen molar-refractivity contribution in [3.8, 4) is 0 Å². The molecular weight excluding hydrogens is 230 g/mol. The predicted molar refractivity (Wildman–Crippen MR) is 68.5 cm³/mol. The Morgan fingerprint density at radius 2 is 1.89 bits per heavy atom. The van der Waals surface area contributed by atoms with Crippen LogP contribution in [0.3, 0.4) is 0 Å². The second-order valence-electron chi connectivity index (χ2n) is 4.76. The molecule has 1 aromatic rings. The summed E-state index contributed by atoms with van der Waals surface area (Å²) < 4.78 is 1.73. The molecule has 2 heterocycles. The number of amides is 1. The average molecular weight is 249 g/mol. The van der Waals surface area contributed by atoms with Crippen molar-refractivity contribution in [2.45, 2.75) is 13.5 Å². The van der Waals surface area contributed by atoms with Crippen molar-refractivity contribution >= 4 is 11.7 Å². The van der Waals surface area contributed by atoms with E-state index >= 15 is 0 Å². The van der Waals surface area contributed by atoms with Crippen molar-refractivity contribution in [1.29, 1.82) is 0 Å². The Balaban J connectivity index is 1.98. The fourth-order valence-corrected chi connectivity index (χ4v) is 2.17. The largest absolute Gasteiger partial charge is 0.339 e. The van der Waals surface area contributed by atoms with Crippen LogP contribution in [-0.4, -0.2) is 59.3 Å². The summed E-state index contributed by atoms with van der Waals surface area (Å²) in [6.45, 7) is 5.14. The van der Waals surface area contributed by atoms with Gasteiger partial charge >= 0.3 is 0 Å². The summed E-state index contributed by atoms with van der Waals surface area (Å²) in [7, 11) is 2.06. The maximum absolute atomic E-state index is 12.1. The Morgan fingerprint density at radius 3 is 2.50 bits per heavy atom. The highest BCUT2D eigenvalue weighted by Crippen LogP contribution is 2.06. The first-order valence-corrected chi connectivity index (χ1v) is 6.20. The molecule has 1 fully saturated rings. The Labute approximate surface area is 107 Å². The summed E-state index contributed by atoms with van der Waals surface area (Å²) in [4.78, 5) is 27.6. The third kappa shape index (κ3) is 2.79. The number of aromatic nitrogens is 1. The van der Waals surface area contributed by atoms with Gasteiger partial charge in [0.1, 0.15) is 6.54 Å². The third-order valence-electron chi connectivity index (χ3n) is 3.35. The molecule has 0 spiro atoms. The van der Waals surface area contributed by atoms with Gasteiger partial charge in [0.2, 0.25) is 5.91 Å². The van der Waals surface area contributed by atoms with E-state index in [1.807, 2.05) is 4.90 Å². The summed E-state index contributed by atoms with van der Waals surface area (Å²) >= 11 is 0. The quantitative estimate of drug-likeness (QED) is 0.731. The molecule has 0 aliphatic carbocycles. The highest BCUT2D eigenvalue weighted by molar-refractivity contribution is 5.93. The number of nitrogens with zero attached hydrogens (tertiary/aromatic N) is 3. The zero-order chi connectivity index (χ0) is 13.1. The fourth-order valence-electron chi connectivity index (χ4n) is 2.17. The summed E-state index contributed by atoms with van der Waals surface area (Å²) in [5.74, 6) is 0.0768. The smallest absolute Gasteiger partial charge is 0.242 e. The van der Waals surface area contributed by atoms with Crippen LogP contribution in [-0.2, 0) is 11.3 Å². The zero-order valence-electron chi connectivity index (χ0n) is 10.9. The molecule has 1 aliphatic rings. The van der Waals surface area contributed by atoms with Crippen molar-refractivity contribution < 1.29 is 9.59 Å². The molecule has 0 unspecified atom stereocenters. The molecule has 1 saturated heterocycles. The molecular formula is C13H19N3O2. The molecule has 0 atom stereocenters. The number of carbonyl (C=O) groups excluding carboxylic acids is 2. The van der Waals surface area contributed by atoms with Crippen molar-refractivity contribution in [3.63, 3.8) is 0 Å². The molecule has 0 bridgehead atoms. The van der Waals surface area contributed by atoms with E-state index in [0.717, 1.165) is 26.2 Å². The summed E-state index contributed by atoms with van der Waals surface area (Å²) in [6, 6.07) is 3.55. The SMILES string of the molecule is CC(=O)c1cccn1CC(=O)N1CCN(C)CC1. The molecule has 5 nitrogen and oxygen atoms in total. The third-order valence-corrected chi connectivity index (χ3v) is 3.35. The van der Waals surface area contributed by atoms with Gasteiger partial charge in [0.25, 0.3) is 0 Å². The van der Waals surface area contributed by atoms with Crippen LogP contribution in [0.2, 0.25) is 0 Å². The molecule has 0 saturated carbocycles. The first-order valence-electron chi connectivity index (χ1n) is 6.20. The lowest BCUT2D eigenvalue weighted by Crippen LogP contribution is -2.48. The van der Waals surface area contributed by atoms with Crippen LogP contribution < -0.4 is 0 Å². The fraction of sp³-hybridized carbons (Fsp3) is 0.538. The predicted octanol–water partition coefficient (Wildman–Crippen LogP) is 0.465. The number of rotatable bonds is 3. The molecule has 0 N–H and O–H groups in total. The Bertz CT molecular complexity index is 445. The van der Waals surface area contributed by atoms with Gasteiger partial charge in [-0.1, -0.05) is 0 Å². The minimum Gasteiger partial charge on any atom is -0.339 e. The summed E-state index contributed by atoms with van der Waals surface area (Å²) in [6.07, 6.45) is 1.78. The number of hydrogen-bond donors (Lipinski definition) is 0. The number of carbonyl (C=O) groups is 2. The molecule has 1 aromatic heterocycles. The topological polar surface area (TPSA) is 45.6 Å². The minimum absolute atomic E-state index is 0.00817. The maximum atomic E-state index is 12.1. The van der Waals surface area contributed by atoms with Gasteiger partial charge in [-0.2, -0.15) is 0 Å². The van der Waals surface area contributed by atoms with Crippen molar-refractivity contribution in [1.82, 2.24) is 14.4 Å². The number of hydrogen-bond acceptors (Lipinski definition) is 3. The maximum Gasteiger partial charge on any atom is 0.242 e. The normalized spacial score (nSPS) is 16.9. The standard InChI is InChI=1S/C13H19N3O2/c1-11(17)12-4-3-5-16(12)10-13(18)15-8-6-14(2)7-9-15/h3-5H,6-10H2,1-2H3. The molecule has 0 aromatic carbocycles. The summed E-state index contributed by atoms with van der Waals surface area (Å²) in [5, 5.41) is 0. The Hall–Kier alpha value is -1.62. The second-order valence-corrected chi connectivity index (χ2v) is 4.76. The first-order chi connectivity index (χ1) is 8.58. The van der Waals surface area contributed by atoms with Crippen LogP contribution in [0.25, 0.3) is 0 Å². The van der Waals surface area contributed by atoms with Gasteiger partial charge in [-0.3, -0.25) is 9.59 Å². The summed E-state index contributed by atoms with van der Waals surface area (Å²) in [5.41, 5.74) is 0.595. The van der Waals surface area contributed by atoms with Crippen LogP contribution in [0, 0.1) is 0 Å². The molecule has 0 radical (unpaired) electrons. The van der Waals surface area contributed by atoms with Crippen LogP contribution in [0.15, 0.2) is 18.3 Å². The van der Waals surface area contributed by atoms with Gasteiger partial charge in [0, 0.05) is 39.3 Å². The van der Waals surface area contributed by atoms with Crippen LogP contribution >= 0.6 is 0 Å². The van der Waals surface area contributed by atoms with Crippen molar-refractivity contribution in [2.24, 2.45) is 0 Å². The highest BCUT2D eigenvalue weighted by Gasteiger charge is 2.20. The van der Waals surface area contributed by atoms with Crippen LogP contribution in [0.4, 0.5) is 0 Å². The monoisotopic (exact) mass is 249 g/mol. The van der Waals surface area contributed by atoms with Crippen molar-refractivity contribution in [3.05, 3.63) is 24.0 Å². The first kappa shape index (κ1) is 12.8. The molecule has 98 valence electrons. The molecule has 1 amide bonds. The molecule has 5 heteroatoms. The number of piperazine rings is 1. The van der Waals surface area contributed by atoms with E-state index in [-0.39, 0.29) is 18.2 Å². The van der Waals surface area contributed by atoms with E-state index in [4.69, 9.17) is 0 Å². The van der Waals surface area contributed by atoms with Crippen LogP contribution in [0.1, 0.15) is 17.4 Å². The van der Waals surface area contributed by atoms with Crippen LogP contribution in [0.5, 0.6) is 0 Å². The van der Waals surface area contributed by atoms with E-state index in [1.165, 1.54) is 6.92 Å². The van der Waals surface area contributed by atoms with Gasteiger partial charge in [-0.25, -0.2) is 0 Å². The zero-order valence-corrected chi connectivity index (χ0v) is 10.9. The molecule has 1 aliphatic heterocycles. The van der Waals surface area contributed by atoms with Gasteiger partial charge in [-0.05, 0) is 19.2 Å². The van der Waals surface area contributed by atoms with Gasteiger partial charge in [-0.15, -0.1) is 0 Å². The van der Waals surface area contributed by atoms with E-state index in [0.29, 0.717) is 5.69 Å². The van der Waals surface area contributed by atoms with Gasteiger partial charge < -0.3 is 14.4 Å². The lowest BCUT2D eigenvalue weighted by atomic mass is 10.3. The second kappa shape index (κ2) is 5.35. The lowest BCUT2D eigenvalue weighted by Gasteiger charge is -2.32. The highest BCUT2D eigenvalue weighted by atomic mass is 16.2. The Kier molecular flexibility index (Phi) is 3.81. The van der Waals surface area contributed by atoms with Gasteiger partial charge in [0.05, 0.1) is 5.69 Å². The minimum atomic E-state index is -0.00817. The number of ketones is 1. The van der Waals surface area contributed by atoms with Crippen molar-refractivity contribution in [2.75, 3.05) is 33.2 Å². The van der Waals surface area contributed by atoms with E-state index in [2.05, 4.69) is 11.9 Å². The Morgan fingerprint density at radius 1 is 1.22 bits per heavy atom. The molecule has 2 rings (SSSR count). The number of Topliss-reactive ketones (excluding diaryl/α,β-unsaturated/α-hetero) is 1. The van der Waals surface area contributed by atoms with E-state index in [9.17, 15) is 9.59 Å². The molecule has 18 heavy (non-hydrogen) atoms. The number of likely N-dealkylation sites (N-methyl/N-ethyl adjacent to an activating group) is 1.